The van der Waals surface area contributed by atoms with Crippen molar-refractivity contribution >= 4 is 28.5 Å². The van der Waals surface area contributed by atoms with Gasteiger partial charge in [-0.25, -0.2) is 9.78 Å². The molecule has 24 heavy (non-hydrogen) atoms. The molecule has 3 aromatic rings. The Morgan fingerprint density at radius 2 is 2.08 bits per heavy atom. The van der Waals surface area contributed by atoms with Gasteiger partial charge in [0.25, 0.3) is 0 Å². The second kappa shape index (κ2) is 6.69. The summed E-state index contributed by atoms with van der Waals surface area (Å²) in [6.45, 7) is 1.81. The van der Waals surface area contributed by atoms with Gasteiger partial charge in [0.2, 0.25) is 0 Å². The number of thioether (sulfide) groups is 1. The molecular weight excluding hydrogens is 324 g/mol. The van der Waals surface area contributed by atoms with E-state index in [1.54, 1.807) is 42.5 Å². The van der Waals surface area contributed by atoms with E-state index >= 15 is 0 Å². The Kier molecular flexibility index (Phi) is 4.45. The minimum atomic E-state index is -0.656. The van der Waals surface area contributed by atoms with E-state index in [1.807, 2.05) is 13.0 Å². The summed E-state index contributed by atoms with van der Waals surface area (Å²) >= 11 is 1.14. The zero-order valence-corrected chi connectivity index (χ0v) is 13.6. The molecular formula is C18H12N2O3S. The number of nitrogens with zero attached hydrogens (tertiary/aromatic N) is 2. The number of pyridine rings is 1. The van der Waals surface area contributed by atoms with Crippen LogP contribution in [-0.2, 0) is 0 Å². The van der Waals surface area contributed by atoms with Crippen molar-refractivity contribution in [2.45, 2.75) is 11.9 Å². The van der Waals surface area contributed by atoms with Crippen LogP contribution in [0.2, 0.25) is 0 Å². The first kappa shape index (κ1) is 16.0. The highest BCUT2D eigenvalue weighted by molar-refractivity contribution is 8.00. The van der Waals surface area contributed by atoms with E-state index in [9.17, 15) is 9.59 Å². The number of aromatic nitrogens is 1. The molecule has 2 aromatic heterocycles. The van der Waals surface area contributed by atoms with Crippen LogP contribution < -0.4 is 5.63 Å². The lowest BCUT2D eigenvalue weighted by atomic mass is 10.1. The summed E-state index contributed by atoms with van der Waals surface area (Å²) in [5.74, 6) is -0.347. The molecule has 0 atom stereocenters. The summed E-state index contributed by atoms with van der Waals surface area (Å²) in [6, 6.07) is 14.0. The van der Waals surface area contributed by atoms with Crippen LogP contribution in [0.3, 0.4) is 0 Å². The summed E-state index contributed by atoms with van der Waals surface area (Å²) in [5.41, 5.74) is 0.960. The zero-order valence-electron chi connectivity index (χ0n) is 12.8. The van der Waals surface area contributed by atoms with Crippen molar-refractivity contribution < 1.29 is 9.21 Å². The average Bonchev–Trinajstić information content (AvgIpc) is 2.59. The number of nitriles is 1. The number of aryl methyl sites for hydroxylation is 1. The van der Waals surface area contributed by atoms with Gasteiger partial charge in [-0.15, -0.1) is 0 Å². The van der Waals surface area contributed by atoms with Crippen molar-refractivity contribution in [3.63, 3.8) is 0 Å². The maximum absolute atomic E-state index is 12.4. The summed E-state index contributed by atoms with van der Waals surface area (Å²) in [4.78, 5) is 28.6. The van der Waals surface area contributed by atoms with Crippen LogP contribution in [0.1, 0.15) is 21.6 Å². The van der Waals surface area contributed by atoms with Gasteiger partial charge in [-0.2, -0.15) is 5.26 Å². The molecule has 0 aliphatic rings. The highest BCUT2D eigenvalue weighted by Gasteiger charge is 2.15. The molecule has 118 valence electrons. The lowest BCUT2D eigenvalue weighted by molar-refractivity contribution is 0.101. The van der Waals surface area contributed by atoms with Crippen molar-refractivity contribution in [2.24, 2.45) is 0 Å². The Hall–Kier alpha value is -2.91. The van der Waals surface area contributed by atoms with E-state index in [-0.39, 0.29) is 17.1 Å². The first-order chi connectivity index (χ1) is 11.6. The van der Waals surface area contributed by atoms with Gasteiger partial charge < -0.3 is 4.42 Å². The van der Waals surface area contributed by atoms with Gasteiger partial charge in [-0.3, -0.25) is 4.79 Å². The Morgan fingerprint density at radius 3 is 2.88 bits per heavy atom. The van der Waals surface area contributed by atoms with Gasteiger partial charge in [-0.1, -0.05) is 30.0 Å². The first-order valence-electron chi connectivity index (χ1n) is 7.15. The lowest BCUT2D eigenvalue weighted by Crippen LogP contribution is -2.15. The van der Waals surface area contributed by atoms with E-state index in [2.05, 4.69) is 4.98 Å². The molecule has 6 heteroatoms. The number of Topliss-reactive ketones (excluding diaryl/α,β-unsaturated/α-hetero) is 1. The highest BCUT2D eigenvalue weighted by Crippen LogP contribution is 2.22. The van der Waals surface area contributed by atoms with Crippen molar-refractivity contribution in [1.82, 2.24) is 4.98 Å². The quantitative estimate of drug-likeness (QED) is 0.413. The van der Waals surface area contributed by atoms with Crippen LogP contribution in [0.4, 0.5) is 0 Å². The molecule has 0 bridgehead atoms. The van der Waals surface area contributed by atoms with Crippen molar-refractivity contribution in [3.8, 4) is 6.07 Å². The second-order valence-corrected chi connectivity index (χ2v) is 6.08. The van der Waals surface area contributed by atoms with Crippen LogP contribution in [0.5, 0.6) is 0 Å². The standard InChI is InChI=1S/C18H12N2O3S/c1-11-6-7-13(9-19)17(20-11)24-10-15(21)14-8-12-4-2-3-5-16(12)23-18(14)22/h2-8H,10H2,1H3. The number of hydrogen-bond acceptors (Lipinski definition) is 6. The molecule has 0 spiro atoms. The maximum atomic E-state index is 12.4. The zero-order chi connectivity index (χ0) is 17.1. The van der Waals surface area contributed by atoms with Gasteiger partial charge in [0, 0.05) is 11.1 Å². The van der Waals surface area contributed by atoms with Gasteiger partial charge in [-0.05, 0) is 31.2 Å². The summed E-state index contributed by atoms with van der Waals surface area (Å²) in [5, 5.41) is 10.3. The average molecular weight is 336 g/mol. The number of fused-ring (bicyclic) bond motifs is 1. The number of hydrogen-bond donors (Lipinski definition) is 0. The van der Waals surface area contributed by atoms with Gasteiger partial charge >= 0.3 is 5.63 Å². The van der Waals surface area contributed by atoms with E-state index in [0.29, 0.717) is 21.6 Å². The van der Waals surface area contributed by atoms with E-state index in [4.69, 9.17) is 9.68 Å². The van der Waals surface area contributed by atoms with E-state index < -0.39 is 5.63 Å². The molecule has 0 aliphatic heterocycles. The number of carbonyl (C=O) groups excluding carboxylic acids is 1. The van der Waals surface area contributed by atoms with E-state index in [0.717, 1.165) is 17.5 Å². The number of para-hydroxylation sites is 1. The molecule has 0 aliphatic carbocycles. The van der Waals surface area contributed by atoms with Crippen LogP contribution in [0.25, 0.3) is 11.0 Å². The largest absolute Gasteiger partial charge is 0.422 e. The second-order valence-electron chi connectivity index (χ2n) is 5.11. The monoisotopic (exact) mass is 336 g/mol. The Morgan fingerprint density at radius 1 is 1.29 bits per heavy atom. The molecule has 2 heterocycles. The Labute approximate surface area is 141 Å². The number of benzene rings is 1. The molecule has 0 N–H and O–H groups in total. The predicted octanol–water partition coefficient (Wildman–Crippen LogP) is 3.34. The number of carbonyl (C=O) groups is 1. The molecule has 0 fully saturated rings. The third-order valence-corrected chi connectivity index (χ3v) is 4.39. The normalized spacial score (nSPS) is 10.5. The van der Waals surface area contributed by atoms with E-state index in [1.165, 1.54) is 0 Å². The maximum Gasteiger partial charge on any atom is 0.347 e. The molecule has 0 saturated heterocycles. The molecule has 3 rings (SSSR count). The smallest absolute Gasteiger partial charge is 0.347 e. The summed E-state index contributed by atoms with van der Waals surface area (Å²) < 4.78 is 5.18. The fraction of sp³-hybridized carbons (Fsp3) is 0.111. The minimum absolute atomic E-state index is 0.00682. The fourth-order valence-corrected chi connectivity index (χ4v) is 3.10. The van der Waals surface area contributed by atoms with Crippen LogP contribution >= 0.6 is 11.8 Å². The topological polar surface area (TPSA) is 84.0 Å². The molecule has 0 saturated carbocycles. The summed E-state index contributed by atoms with van der Waals surface area (Å²) in [6.07, 6.45) is 0. The molecule has 0 radical (unpaired) electrons. The SMILES string of the molecule is Cc1ccc(C#N)c(SCC(=O)c2cc3ccccc3oc2=O)n1. The highest BCUT2D eigenvalue weighted by atomic mass is 32.2. The number of rotatable bonds is 4. The summed E-state index contributed by atoms with van der Waals surface area (Å²) in [7, 11) is 0. The number of ketones is 1. The molecule has 5 nitrogen and oxygen atoms in total. The molecule has 1 aromatic carbocycles. The Bertz CT molecular complexity index is 1030. The first-order valence-corrected chi connectivity index (χ1v) is 8.13. The van der Waals surface area contributed by atoms with Gasteiger partial charge in [0.15, 0.2) is 5.78 Å². The minimum Gasteiger partial charge on any atom is -0.422 e. The van der Waals surface area contributed by atoms with Crippen molar-refractivity contribution in [3.05, 3.63) is 69.7 Å². The van der Waals surface area contributed by atoms with Crippen LogP contribution in [-0.4, -0.2) is 16.5 Å². The third kappa shape index (κ3) is 3.21. The predicted molar refractivity (Wildman–Crippen MR) is 91.2 cm³/mol. The van der Waals surface area contributed by atoms with Crippen LogP contribution in [0, 0.1) is 18.3 Å². The Balaban J connectivity index is 1.86. The lowest BCUT2D eigenvalue weighted by Gasteiger charge is -2.04. The van der Waals surface area contributed by atoms with Gasteiger partial charge in [0.1, 0.15) is 22.2 Å². The van der Waals surface area contributed by atoms with Gasteiger partial charge in [0.05, 0.1) is 11.3 Å². The third-order valence-electron chi connectivity index (χ3n) is 3.40. The fourth-order valence-electron chi connectivity index (χ4n) is 2.20. The molecule has 0 amide bonds. The van der Waals surface area contributed by atoms with Crippen molar-refractivity contribution in [1.29, 1.82) is 5.26 Å². The molecule has 0 unspecified atom stereocenters. The van der Waals surface area contributed by atoms with Crippen molar-refractivity contribution in [2.75, 3.05) is 5.75 Å². The van der Waals surface area contributed by atoms with Crippen LogP contribution in [0.15, 0.2) is 56.7 Å².